The zero-order valence-corrected chi connectivity index (χ0v) is 12.7. The summed E-state index contributed by atoms with van der Waals surface area (Å²) in [4.78, 5) is 14.0. The molecule has 1 saturated heterocycles. The largest absolute Gasteiger partial charge is 0.456 e. The standard InChI is InChI=1S/C15H20F3N3O/c1-10-9-20(2)14(5-7-19-8-6-14)12-4-3-11(21(10)12)13(22)15(16,17)18/h3-4,10,19H,5-9H2,1-2H3. The Morgan fingerprint density at radius 3 is 2.55 bits per heavy atom. The number of carbonyl (C=O) groups is 1. The number of halogens is 3. The third kappa shape index (κ3) is 2.18. The second-order valence-corrected chi connectivity index (χ2v) is 6.31. The third-order valence-corrected chi connectivity index (χ3v) is 5.03. The Morgan fingerprint density at radius 2 is 1.95 bits per heavy atom. The number of rotatable bonds is 1. The van der Waals surface area contributed by atoms with Gasteiger partial charge in [0, 0.05) is 18.3 Å². The van der Waals surface area contributed by atoms with Crippen molar-refractivity contribution in [3.05, 3.63) is 23.5 Å². The Morgan fingerprint density at radius 1 is 1.32 bits per heavy atom. The van der Waals surface area contributed by atoms with Crippen molar-refractivity contribution >= 4 is 5.78 Å². The summed E-state index contributed by atoms with van der Waals surface area (Å²) in [6, 6.07) is 2.89. The monoisotopic (exact) mass is 315 g/mol. The van der Waals surface area contributed by atoms with Crippen LogP contribution in [0, 0.1) is 0 Å². The fourth-order valence-corrected chi connectivity index (χ4v) is 3.96. The van der Waals surface area contributed by atoms with E-state index in [-0.39, 0.29) is 17.3 Å². The maximum absolute atomic E-state index is 12.8. The SMILES string of the molecule is CC1CN(C)C2(CCNCC2)c2ccc(C(=O)C(F)(F)F)n21. The zero-order valence-electron chi connectivity index (χ0n) is 12.7. The molecule has 1 N–H and O–H groups in total. The van der Waals surface area contributed by atoms with Crippen LogP contribution in [0.3, 0.4) is 0 Å². The minimum absolute atomic E-state index is 0.156. The predicted molar refractivity (Wildman–Crippen MR) is 75.9 cm³/mol. The van der Waals surface area contributed by atoms with Crippen LogP contribution in [0.2, 0.25) is 0 Å². The van der Waals surface area contributed by atoms with E-state index < -0.39 is 12.0 Å². The first-order chi connectivity index (χ1) is 10.3. The van der Waals surface area contributed by atoms with E-state index in [0.717, 1.165) is 31.6 Å². The number of hydrogen-bond donors (Lipinski definition) is 1. The van der Waals surface area contributed by atoms with Crippen LogP contribution in [0.15, 0.2) is 12.1 Å². The third-order valence-electron chi connectivity index (χ3n) is 5.03. The second-order valence-electron chi connectivity index (χ2n) is 6.31. The minimum atomic E-state index is -4.83. The molecular formula is C15H20F3N3O. The Labute approximate surface area is 127 Å². The van der Waals surface area contributed by atoms with Gasteiger partial charge in [0.1, 0.15) is 0 Å². The lowest BCUT2D eigenvalue weighted by Crippen LogP contribution is -2.56. The fraction of sp³-hybridized carbons (Fsp3) is 0.667. The number of nitrogens with zero attached hydrogens (tertiary/aromatic N) is 2. The van der Waals surface area contributed by atoms with Gasteiger partial charge in [0.05, 0.1) is 11.2 Å². The van der Waals surface area contributed by atoms with E-state index in [9.17, 15) is 18.0 Å². The van der Waals surface area contributed by atoms with Gasteiger partial charge < -0.3 is 9.88 Å². The Bertz CT molecular complexity index is 587. The average Bonchev–Trinajstić information content (AvgIpc) is 2.90. The number of alkyl halides is 3. The molecule has 3 rings (SSSR count). The molecule has 1 aromatic heterocycles. The Kier molecular flexibility index (Phi) is 3.60. The topological polar surface area (TPSA) is 37.3 Å². The highest BCUT2D eigenvalue weighted by atomic mass is 19.4. The molecule has 1 fully saturated rings. The molecule has 122 valence electrons. The molecule has 0 aromatic carbocycles. The van der Waals surface area contributed by atoms with Gasteiger partial charge in [-0.25, -0.2) is 0 Å². The molecule has 0 saturated carbocycles. The van der Waals surface area contributed by atoms with Gasteiger partial charge in [0.2, 0.25) is 0 Å². The second kappa shape index (κ2) is 5.09. The molecule has 1 atom stereocenters. The molecule has 7 heteroatoms. The first kappa shape index (κ1) is 15.6. The highest BCUT2D eigenvalue weighted by Crippen LogP contribution is 2.43. The first-order valence-electron chi connectivity index (χ1n) is 7.52. The van der Waals surface area contributed by atoms with E-state index in [0.29, 0.717) is 6.54 Å². The zero-order chi connectivity index (χ0) is 16.1. The summed E-state index contributed by atoms with van der Waals surface area (Å²) in [5.74, 6) is -1.75. The van der Waals surface area contributed by atoms with Crippen LogP contribution in [0.1, 0.15) is 42.0 Å². The quantitative estimate of drug-likeness (QED) is 0.808. The van der Waals surface area contributed by atoms with E-state index in [2.05, 4.69) is 10.2 Å². The number of aromatic nitrogens is 1. The molecule has 2 aliphatic rings. The summed E-state index contributed by atoms with van der Waals surface area (Å²) < 4.78 is 40.1. The van der Waals surface area contributed by atoms with Crippen molar-refractivity contribution in [1.29, 1.82) is 0 Å². The molecule has 0 bridgehead atoms. The Hall–Kier alpha value is -1.34. The van der Waals surface area contributed by atoms with Crippen molar-refractivity contribution in [2.45, 2.75) is 37.5 Å². The van der Waals surface area contributed by atoms with Gasteiger partial charge in [0.25, 0.3) is 5.78 Å². The van der Waals surface area contributed by atoms with Crippen molar-refractivity contribution in [3.8, 4) is 0 Å². The van der Waals surface area contributed by atoms with Crippen LogP contribution in [0.4, 0.5) is 13.2 Å². The molecule has 0 radical (unpaired) electrons. The predicted octanol–water partition coefficient (Wildman–Crippen LogP) is 2.32. The van der Waals surface area contributed by atoms with Crippen molar-refractivity contribution < 1.29 is 18.0 Å². The summed E-state index contributed by atoms with van der Waals surface area (Å²) in [6.07, 6.45) is -3.17. The molecule has 0 aliphatic carbocycles. The maximum atomic E-state index is 12.8. The van der Waals surface area contributed by atoms with Gasteiger partial charge in [-0.1, -0.05) is 0 Å². The fourth-order valence-electron chi connectivity index (χ4n) is 3.96. The van der Waals surface area contributed by atoms with Crippen LogP contribution in [-0.2, 0) is 5.54 Å². The average molecular weight is 315 g/mol. The van der Waals surface area contributed by atoms with Crippen molar-refractivity contribution in [3.63, 3.8) is 0 Å². The number of likely N-dealkylation sites (N-methyl/N-ethyl adjacent to an activating group) is 1. The molecule has 0 amide bonds. The number of fused-ring (bicyclic) bond motifs is 2. The molecule has 2 aliphatic heterocycles. The smallest absolute Gasteiger partial charge is 0.336 e. The number of Topliss-reactive ketones (excluding diaryl/α,β-unsaturated/α-hetero) is 1. The number of ketones is 1. The molecular weight excluding hydrogens is 295 g/mol. The van der Waals surface area contributed by atoms with Crippen LogP contribution in [0.25, 0.3) is 0 Å². The number of nitrogens with one attached hydrogen (secondary N) is 1. The molecule has 1 spiro atoms. The van der Waals surface area contributed by atoms with Gasteiger partial charge in [-0.2, -0.15) is 13.2 Å². The van der Waals surface area contributed by atoms with Gasteiger partial charge >= 0.3 is 6.18 Å². The van der Waals surface area contributed by atoms with E-state index in [1.54, 1.807) is 10.6 Å². The van der Waals surface area contributed by atoms with E-state index in [4.69, 9.17) is 0 Å². The number of hydrogen-bond acceptors (Lipinski definition) is 3. The van der Waals surface area contributed by atoms with Crippen LogP contribution in [-0.4, -0.2) is 48.1 Å². The summed E-state index contributed by atoms with van der Waals surface area (Å²) in [5.41, 5.74) is 0.325. The Balaban J connectivity index is 2.11. The normalized spacial score (nSPS) is 25.2. The lowest BCUT2D eigenvalue weighted by molar-refractivity contribution is -0.0893. The highest BCUT2D eigenvalue weighted by molar-refractivity contribution is 5.99. The van der Waals surface area contributed by atoms with Crippen molar-refractivity contribution in [1.82, 2.24) is 14.8 Å². The van der Waals surface area contributed by atoms with Gasteiger partial charge in [-0.15, -0.1) is 0 Å². The first-order valence-corrected chi connectivity index (χ1v) is 7.52. The number of carbonyl (C=O) groups excluding carboxylic acids is 1. The minimum Gasteiger partial charge on any atom is -0.336 e. The van der Waals surface area contributed by atoms with Crippen LogP contribution in [0.5, 0.6) is 0 Å². The highest BCUT2D eigenvalue weighted by Gasteiger charge is 2.48. The van der Waals surface area contributed by atoms with Gasteiger partial charge in [-0.05, 0) is 52.0 Å². The number of piperidine rings is 1. The van der Waals surface area contributed by atoms with Gasteiger partial charge in [0.15, 0.2) is 0 Å². The summed E-state index contributed by atoms with van der Waals surface area (Å²) in [5, 5.41) is 3.29. The van der Waals surface area contributed by atoms with E-state index >= 15 is 0 Å². The maximum Gasteiger partial charge on any atom is 0.456 e. The van der Waals surface area contributed by atoms with E-state index in [1.165, 1.54) is 6.07 Å². The lowest BCUT2D eigenvalue weighted by atomic mass is 9.81. The van der Waals surface area contributed by atoms with Crippen LogP contribution < -0.4 is 5.32 Å². The molecule has 4 nitrogen and oxygen atoms in total. The molecule has 3 heterocycles. The van der Waals surface area contributed by atoms with Crippen molar-refractivity contribution in [2.24, 2.45) is 0 Å². The van der Waals surface area contributed by atoms with Gasteiger partial charge in [-0.3, -0.25) is 9.69 Å². The molecule has 1 aromatic rings. The summed E-state index contributed by atoms with van der Waals surface area (Å²) in [7, 11) is 2.02. The molecule has 1 unspecified atom stereocenters. The summed E-state index contributed by atoms with van der Waals surface area (Å²) >= 11 is 0. The molecule has 22 heavy (non-hydrogen) atoms. The van der Waals surface area contributed by atoms with E-state index in [1.807, 2.05) is 14.0 Å². The van der Waals surface area contributed by atoms with Crippen LogP contribution >= 0.6 is 0 Å². The van der Waals surface area contributed by atoms with Crippen molar-refractivity contribution in [2.75, 3.05) is 26.7 Å². The lowest BCUT2D eigenvalue weighted by Gasteiger charge is -2.50. The summed E-state index contributed by atoms with van der Waals surface area (Å²) in [6.45, 7) is 4.15.